The topological polar surface area (TPSA) is 127 Å². The van der Waals surface area contributed by atoms with Crippen molar-refractivity contribution in [2.75, 3.05) is 13.2 Å². The summed E-state index contributed by atoms with van der Waals surface area (Å²) in [5.41, 5.74) is 1.27. The number of rotatable bonds is 7. The van der Waals surface area contributed by atoms with E-state index in [1.54, 1.807) is 60.7 Å². The van der Waals surface area contributed by atoms with Gasteiger partial charge in [-0.2, -0.15) is 0 Å². The molecule has 0 radical (unpaired) electrons. The van der Waals surface area contributed by atoms with Gasteiger partial charge in [-0.15, -0.1) is 0 Å². The summed E-state index contributed by atoms with van der Waals surface area (Å²) < 4.78 is 34.7. The van der Waals surface area contributed by atoms with Crippen LogP contribution in [0.5, 0.6) is 0 Å². The molecule has 0 saturated carbocycles. The van der Waals surface area contributed by atoms with Gasteiger partial charge in [0.25, 0.3) is 0 Å². The number of ether oxygens (including phenoxy) is 2. The lowest BCUT2D eigenvalue weighted by molar-refractivity contribution is -0.168. The number of carbonyl (C=O) groups is 3. The van der Waals surface area contributed by atoms with Crippen LogP contribution in [0.1, 0.15) is 30.6 Å². The first-order valence-electron chi connectivity index (χ1n) is 10.4. The van der Waals surface area contributed by atoms with Crippen LogP contribution in [-0.2, 0) is 33.7 Å². The molecule has 0 bridgehead atoms. The molecule has 2 saturated heterocycles. The van der Waals surface area contributed by atoms with E-state index in [4.69, 9.17) is 14.6 Å². The van der Waals surface area contributed by atoms with Gasteiger partial charge in [0.15, 0.2) is 26.7 Å². The second kappa shape index (κ2) is 8.60. The summed E-state index contributed by atoms with van der Waals surface area (Å²) >= 11 is 0. The second-order valence-corrected chi connectivity index (χ2v) is 10.5. The summed E-state index contributed by atoms with van der Waals surface area (Å²) in [5, 5.41) is 7.69. The molecule has 2 heterocycles. The maximum absolute atomic E-state index is 13.5. The van der Waals surface area contributed by atoms with Crippen molar-refractivity contribution >= 4 is 27.7 Å². The highest BCUT2D eigenvalue weighted by Gasteiger charge is 2.74. The van der Waals surface area contributed by atoms with Crippen LogP contribution in [0.4, 0.5) is 0 Å². The standard InChI is InChI=1S/C23H23NO8S/c1-23(22(28)31-13-12-25)20(24-17(26)14-18(24)33(23,29)30)21(27)32-19(15-8-4-2-5-9-15)16-10-6-3-7-11-16/h2-11,18-20,25H,12-14H2,1H3/t18?,20-,23+/m0/s1. The first-order valence-corrected chi connectivity index (χ1v) is 11.9. The Morgan fingerprint density at radius 1 is 1.09 bits per heavy atom. The fraction of sp³-hybridized carbons (Fsp3) is 0.348. The molecule has 2 aliphatic rings. The summed E-state index contributed by atoms with van der Waals surface area (Å²) in [7, 11) is -4.30. The Balaban J connectivity index is 1.74. The summed E-state index contributed by atoms with van der Waals surface area (Å²) in [6.45, 7) is 0.105. The largest absolute Gasteiger partial charge is 0.462 e. The Kier molecular flexibility index (Phi) is 5.98. The maximum Gasteiger partial charge on any atom is 0.332 e. The first-order chi connectivity index (χ1) is 15.7. The van der Waals surface area contributed by atoms with Gasteiger partial charge in [0.05, 0.1) is 13.0 Å². The second-order valence-electron chi connectivity index (χ2n) is 8.01. The third kappa shape index (κ3) is 3.59. The zero-order chi connectivity index (χ0) is 23.8. The molecule has 9 nitrogen and oxygen atoms in total. The number of nitrogens with zero attached hydrogens (tertiary/aromatic N) is 1. The average Bonchev–Trinajstić information content (AvgIpc) is 2.97. The van der Waals surface area contributed by atoms with Crippen molar-refractivity contribution in [3.63, 3.8) is 0 Å². The maximum atomic E-state index is 13.5. The van der Waals surface area contributed by atoms with Gasteiger partial charge < -0.3 is 19.5 Å². The van der Waals surface area contributed by atoms with E-state index < -0.39 is 63.2 Å². The van der Waals surface area contributed by atoms with E-state index >= 15 is 0 Å². The third-order valence-corrected chi connectivity index (χ3v) is 8.77. The first kappa shape index (κ1) is 22.9. The molecule has 2 aromatic carbocycles. The Bertz CT molecular complexity index is 1130. The van der Waals surface area contributed by atoms with Gasteiger partial charge in [-0.05, 0) is 18.1 Å². The van der Waals surface area contributed by atoms with Crippen molar-refractivity contribution < 1.29 is 37.4 Å². The Labute approximate surface area is 190 Å². The fourth-order valence-corrected chi connectivity index (χ4v) is 6.56. The van der Waals surface area contributed by atoms with Crippen LogP contribution in [-0.4, -0.2) is 65.6 Å². The number of hydrogen-bond donors (Lipinski definition) is 1. The van der Waals surface area contributed by atoms with E-state index in [2.05, 4.69) is 0 Å². The van der Waals surface area contributed by atoms with Gasteiger partial charge in [-0.3, -0.25) is 9.59 Å². The molecular formula is C23H23NO8S. The Morgan fingerprint density at radius 3 is 2.12 bits per heavy atom. The van der Waals surface area contributed by atoms with Crippen LogP contribution in [0.15, 0.2) is 60.7 Å². The van der Waals surface area contributed by atoms with Gasteiger partial charge in [-0.25, -0.2) is 13.2 Å². The Morgan fingerprint density at radius 2 is 1.64 bits per heavy atom. The molecule has 3 atom stereocenters. The smallest absolute Gasteiger partial charge is 0.332 e. The highest BCUT2D eigenvalue weighted by atomic mass is 32.2. The lowest BCUT2D eigenvalue weighted by atomic mass is 9.95. The molecule has 33 heavy (non-hydrogen) atoms. The lowest BCUT2D eigenvalue weighted by Gasteiger charge is -2.36. The van der Waals surface area contributed by atoms with Crippen molar-refractivity contribution in [2.45, 2.75) is 35.6 Å². The molecule has 1 unspecified atom stereocenters. The number of aliphatic hydroxyl groups excluding tert-OH is 1. The summed E-state index contributed by atoms with van der Waals surface area (Å²) in [6.07, 6.45) is -1.22. The van der Waals surface area contributed by atoms with Crippen LogP contribution in [0.25, 0.3) is 0 Å². The zero-order valence-electron chi connectivity index (χ0n) is 17.8. The minimum absolute atomic E-state index is 0.324. The number of fused-ring (bicyclic) bond motifs is 1. The summed E-state index contributed by atoms with van der Waals surface area (Å²) in [5.74, 6) is -2.81. The molecular weight excluding hydrogens is 450 g/mol. The summed E-state index contributed by atoms with van der Waals surface area (Å²) in [4.78, 5) is 39.6. The summed E-state index contributed by atoms with van der Waals surface area (Å²) in [6, 6.07) is 16.0. The van der Waals surface area contributed by atoms with Crippen LogP contribution >= 0.6 is 0 Å². The number of sulfone groups is 1. The average molecular weight is 474 g/mol. The van der Waals surface area contributed by atoms with Gasteiger partial charge in [0, 0.05) is 0 Å². The number of hydrogen-bond acceptors (Lipinski definition) is 8. The van der Waals surface area contributed by atoms with Crippen LogP contribution in [0.3, 0.4) is 0 Å². The van der Waals surface area contributed by atoms with E-state index in [1.807, 2.05) is 0 Å². The molecule has 2 aliphatic heterocycles. The number of benzene rings is 2. The third-order valence-electron chi connectivity index (χ3n) is 6.09. The molecule has 2 aromatic rings. The number of carbonyl (C=O) groups excluding carboxylic acids is 3. The van der Waals surface area contributed by atoms with E-state index in [9.17, 15) is 22.8 Å². The van der Waals surface area contributed by atoms with Crippen LogP contribution in [0.2, 0.25) is 0 Å². The molecule has 0 aromatic heterocycles. The normalized spacial score (nSPS) is 25.3. The molecule has 4 rings (SSSR count). The minimum Gasteiger partial charge on any atom is -0.462 e. The molecule has 174 valence electrons. The number of aliphatic hydroxyl groups is 1. The number of β-lactam (4-membered cyclic amide) rings is 1. The van der Waals surface area contributed by atoms with Crippen molar-refractivity contribution in [3.8, 4) is 0 Å². The monoisotopic (exact) mass is 473 g/mol. The van der Waals surface area contributed by atoms with Gasteiger partial charge in [0.1, 0.15) is 12.0 Å². The minimum atomic E-state index is -4.30. The van der Waals surface area contributed by atoms with Crippen molar-refractivity contribution in [1.82, 2.24) is 4.90 Å². The quantitative estimate of drug-likeness (QED) is 0.466. The van der Waals surface area contributed by atoms with Gasteiger partial charge >= 0.3 is 11.9 Å². The van der Waals surface area contributed by atoms with Gasteiger partial charge in [-0.1, -0.05) is 60.7 Å². The SMILES string of the molecule is C[C@]1(C(=O)OCCO)[C@H](C(=O)OC(c2ccccc2)c2ccccc2)N2C(=O)CC2S1(=O)=O. The highest BCUT2D eigenvalue weighted by molar-refractivity contribution is 7.94. The molecule has 1 amide bonds. The van der Waals surface area contributed by atoms with Crippen molar-refractivity contribution in [2.24, 2.45) is 0 Å². The highest BCUT2D eigenvalue weighted by Crippen LogP contribution is 2.47. The van der Waals surface area contributed by atoms with E-state index in [-0.39, 0.29) is 6.42 Å². The molecule has 2 fully saturated rings. The lowest BCUT2D eigenvalue weighted by Crippen LogP contribution is -2.59. The number of amides is 1. The number of esters is 2. The van der Waals surface area contributed by atoms with Crippen LogP contribution < -0.4 is 0 Å². The zero-order valence-corrected chi connectivity index (χ0v) is 18.6. The Hall–Kier alpha value is -3.24. The van der Waals surface area contributed by atoms with Crippen molar-refractivity contribution in [1.29, 1.82) is 0 Å². The van der Waals surface area contributed by atoms with Crippen LogP contribution in [0, 0.1) is 0 Å². The van der Waals surface area contributed by atoms with E-state index in [1.165, 1.54) is 0 Å². The molecule has 10 heteroatoms. The molecule has 0 spiro atoms. The predicted octanol–water partition coefficient (Wildman–Crippen LogP) is 0.969. The van der Waals surface area contributed by atoms with E-state index in [0.717, 1.165) is 11.8 Å². The van der Waals surface area contributed by atoms with E-state index in [0.29, 0.717) is 11.1 Å². The van der Waals surface area contributed by atoms with Crippen molar-refractivity contribution in [3.05, 3.63) is 71.8 Å². The fourth-order valence-electron chi connectivity index (χ4n) is 4.29. The van der Waals surface area contributed by atoms with Gasteiger partial charge in [0.2, 0.25) is 5.91 Å². The predicted molar refractivity (Wildman–Crippen MR) is 115 cm³/mol. The molecule has 0 aliphatic carbocycles. The molecule has 1 N–H and O–H groups in total.